The first-order chi connectivity index (χ1) is 21.3. The van der Waals surface area contributed by atoms with Crippen LogP contribution in [0.15, 0.2) is 42.7 Å². The quantitative estimate of drug-likeness (QED) is 0.305. The third kappa shape index (κ3) is 6.68. The third-order valence-corrected chi connectivity index (χ3v) is 8.10. The summed E-state index contributed by atoms with van der Waals surface area (Å²) in [6, 6.07) is 7.89. The molecule has 3 heterocycles. The highest BCUT2D eigenvalue weighted by atomic mass is 16.6. The number of rotatable bonds is 11. The Labute approximate surface area is 262 Å². The molecule has 1 aromatic carbocycles. The molecule has 2 aromatic heterocycles. The van der Waals surface area contributed by atoms with Gasteiger partial charge in [-0.05, 0) is 58.2 Å². The molecule has 13 nitrogen and oxygen atoms in total. The lowest BCUT2D eigenvalue weighted by Gasteiger charge is -2.40. The van der Waals surface area contributed by atoms with Gasteiger partial charge in [-0.25, -0.2) is 14.5 Å². The number of nitrogens with zero attached hydrogens (tertiary/aromatic N) is 5. The van der Waals surface area contributed by atoms with Gasteiger partial charge >= 0.3 is 6.09 Å². The van der Waals surface area contributed by atoms with Gasteiger partial charge < -0.3 is 30.0 Å². The van der Waals surface area contributed by atoms with E-state index in [1.165, 1.54) is 9.80 Å². The fourth-order valence-corrected chi connectivity index (χ4v) is 5.71. The molecule has 0 radical (unpaired) electrons. The number of hydrogen-bond acceptors (Lipinski definition) is 9. The van der Waals surface area contributed by atoms with Crippen molar-refractivity contribution in [2.24, 2.45) is 11.7 Å². The number of nitrogens with two attached hydrogens (primary N) is 1. The minimum absolute atomic E-state index is 0.0302. The summed E-state index contributed by atoms with van der Waals surface area (Å²) in [6.07, 6.45) is 4.56. The highest BCUT2D eigenvalue weighted by molar-refractivity contribution is 5.93. The van der Waals surface area contributed by atoms with Crippen molar-refractivity contribution >= 4 is 28.8 Å². The first-order valence-electron chi connectivity index (χ1n) is 15.3. The Morgan fingerprint density at radius 1 is 1.18 bits per heavy atom. The average Bonchev–Trinajstić information content (AvgIpc) is 3.53. The number of hydrogen-bond donors (Lipinski definition) is 2. The second-order valence-corrected chi connectivity index (χ2v) is 12.6. The molecular formula is C32H42N6O7. The second kappa shape index (κ2) is 12.5. The molecule has 45 heavy (non-hydrogen) atoms. The van der Waals surface area contributed by atoms with Crippen LogP contribution >= 0.6 is 0 Å². The van der Waals surface area contributed by atoms with E-state index in [1.807, 2.05) is 13.0 Å². The topological polar surface area (TPSA) is 162 Å². The zero-order chi connectivity index (χ0) is 32.5. The summed E-state index contributed by atoms with van der Waals surface area (Å²) in [5.74, 6) is -0.410. The first-order valence-corrected chi connectivity index (χ1v) is 15.3. The van der Waals surface area contributed by atoms with Gasteiger partial charge in [0.05, 0.1) is 19.2 Å². The van der Waals surface area contributed by atoms with Crippen LogP contribution in [0.2, 0.25) is 0 Å². The number of pyridine rings is 1. The van der Waals surface area contributed by atoms with E-state index in [4.69, 9.17) is 24.9 Å². The number of primary amides is 1. The van der Waals surface area contributed by atoms with Crippen molar-refractivity contribution in [3.8, 4) is 17.3 Å². The van der Waals surface area contributed by atoms with Crippen LogP contribution in [0, 0.1) is 5.92 Å². The predicted molar refractivity (Wildman–Crippen MR) is 165 cm³/mol. The molecule has 13 heteroatoms. The van der Waals surface area contributed by atoms with Gasteiger partial charge in [-0.2, -0.15) is 5.10 Å². The number of fused-ring (bicyclic) bond motifs is 1. The third-order valence-electron chi connectivity index (χ3n) is 8.10. The summed E-state index contributed by atoms with van der Waals surface area (Å²) in [4.78, 5) is 47.7. The lowest BCUT2D eigenvalue weighted by molar-refractivity contribution is -0.180. The minimum atomic E-state index is -2.15. The number of aromatic nitrogens is 3. The highest BCUT2D eigenvalue weighted by Gasteiger charge is 2.57. The Bertz CT molecular complexity index is 1550. The lowest BCUT2D eigenvalue weighted by atomic mass is 10.0. The van der Waals surface area contributed by atoms with Crippen LogP contribution in [0.25, 0.3) is 16.7 Å². The van der Waals surface area contributed by atoms with Gasteiger partial charge in [0.2, 0.25) is 11.6 Å². The Morgan fingerprint density at radius 2 is 1.93 bits per heavy atom. The zero-order valence-corrected chi connectivity index (χ0v) is 26.4. The molecule has 1 saturated heterocycles. The van der Waals surface area contributed by atoms with Gasteiger partial charge in [0.25, 0.3) is 5.91 Å². The van der Waals surface area contributed by atoms with Crippen LogP contribution in [0.4, 0.5) is 4.79 Å². The van der Waals surface area contributed by atoms with Crippen molar-refractivity contribution < 1.29 is 33.7 Å². The number of ether oxygens (including phenoxy) is 3. The van der Waals surface area contributed by atoms with E-state index < -0.39 is 47.3 Å². The van der Waals surface area contributed by atoms with Crippen molar-refractivity contribution in [2.75, 3.05) is 20.2 Å². The fraction of sp³-hybridized carbons (Fsp3) is 0.531. The Hall–Kier alpha value is -4.39. The smallest absolute Gasteiger partial charge is 0.411 e. The van der Waals surface area contributed by atoms with Gasteiger partial charge in [-0.15, -0.1) is 0 Å². The number of aliphatic hydroxyl groups is 1. The predicted octanol–water partition coefficient (Wildman–Crippen LogP) is 3.40. The number of benzene rings is 1. The number of carbonyl (C=O) groups is 3. The maximum Gasteiger partial charge on any atom is 0.411 e. The second-order valence-electron chi connectivity index (χ2n) is 12.6. The van der Waals surface area contributed by atoms with E-state index in [0.717, 1.165) is 0 Å². The molecule has 2 unspecified atom stereocenters. The van der Waals surface area contributed by atoms with E-state index in [-0.39, 0.29) is 19.5 Å². The highest BCUT2D eigenvalue weighted by Crippen LogP contribution is 2.43. The molecule has 0 bridgehead atoms. The van der Waals surface area contributed by atoms with Gasteiger partial charge in [-0.1, -0.05) is 13.3 Å². The van der Waals surface area contributed by atoms with Crippen molar-refractivity contribution in [2.45, 2.75) is 83.3 Å². The van der Waals surface area contributed by atoms with Gasteiger partial charge in [0, 0.05) is 48.8 Å². The maximum absolute atomic E-state index is 14.3. The van der Waals surface area contributed by atoms with Crippen LogP contribution in [-0.2, 0) is 14.3 Å². The van der Waals surface area contributed by atoms with Crippen LogP contribution < -0.4 is 15.2 Å². The van der Waals surface area contributed by atoms with E-state index >= 15 is 0 Å². The van der Waals surface area contributed by atoms with E-state index in [9.17, 15) is 19.5 Å². The summed E-state index contributed by atoms with van der Waals surface area (Å²) < 4.78 is 19.2. The first kappa shape index (κ1) is 32.0. The summed E-state index contributed by atoms with van der Waals surface area (Å²) in [7, 11) is 1.57. The molecule has 2 fully saturated rings. The van der Waals surface area contributed by atoms with Crippen molar-refractivity contribution in [3.63, 3.8) is 0 Å². The number of carbonyl (C=O) groups excluding carboxylic acids is 3. The van der Waals surface area contributed by atoms with E-state index in [1.54, 1.807) is 69.2 Å². The molecule has 1 aliphatic heterocycles. The largest absolute Gasteiger partial charge is 0.497 e. The Morgan fingerprint density at radius 3 is 2.53 bits per heavy atom. The molecule has 1 aliphatic carbocycles. The summed E-state index contributed by atoms with van der Waals surface area (Å²) in [5.41, 5.74) is 3.35. The maximum atomic E-state index is 14.3. The molecule has 5 rings (SSSR count). The van der Waals surface area contributed by atoms with Crippen LogP contribution in [0.1, 0.15) is 59.8 Å². The van der Waals surface area contributed by atoms with E-state index in [2.05, 4.69) is 5.10 Å². The lowest BCUT2D eigenvalue weighted by Crippen LogP contribution is -2.64. The Balaban J connectivity index is 1.51. The molecule has 1 saturated carbocycles. The molecule has 3 atom stereocenters. The van der Waals surface area contributed by atoms with E-state index in [0.29, 0.717) is 53.9 Å². The van der Waals surface area contributed by atoms with Gasteiger partial charge in [0.15, 0.2) is 5.82 Å². The van der Waals surface area contributed by atoms with Crippen LogP contribution in [-0.4, -0.2) is 91.2 Å². The fourth-order valence-electron chi connectivity index (χ4n) is 5.71. The van der Waals surface area contributed by atoms with Crippen LogP contribution in [0.3, 0.4) is 0 Å². The standard InChI is InChI=1S/C32H42N6O7/c1-6-7-14-37(32(42,29(33)40)20-9-10-20)28(39)25-17-22(19-36(25)30(41)45-31(2,3)4)44-26-18-27(38-15-8-13-34-38)35-24-16-21(43-5)11-12-23(24)26/h8,11-13,15-16,18,20,22,25,42H,6-7,9-10,14,17,19H2,1-5H3,(H2,33,40)/t22?,25-,32?/m0/s1. The zero-order valence-electron chi connectivity index (χ0n) is 26.4. The normalized spacial score (nSPS) is 19.6. The molecule has 2 aliphatic rings. The van der Waals surface area contributed by atoms with Gasteiger partial charge in [0.1, 0.15) is 29.2 Å². The SMILES string of the molecule is CCCCN(C(=O)[C@@H]1CC(Oc2cc(-n3cccn3)nc3cc(OC)ccc23)CN1C(=O)OC(C)(C)C)C(O)(C(N)=O)C1CC1. The molecule has 242 valence electrons. The molecule has 3 amide bonds. The molecular weight excluding hydrogens is 580 g/mol. The number of methoxy groups -OCH3 is 1. The van der Waals surface area contributed by atoms with Gasteiger partial charge in [-0.3, -0.25) is 14.5 Å². The summed E-state index contributed by atoms with van der Waals surface area (Å²) in [6.45, 7) is 7.31. The van der Waals surface area contributed by atoms with Crippen LogP contribution in [0.5, 0.6) is 11.5 Å². The van der Waals surface area contributed by atoms with Crippen molar-refractivity contribution in [1.82, 2.24) is 24.6 Å². The van der Waals surface area contributed by atoms with Crippen molar-refractivity contribution in [1.29, 1.82) is 0 Å². The minimum Gasteiger partial charge on any atom is -0.497 e. The summed E-state index contributed by atoms with van der Waals surface area (Å²) in [5, 5.41) is 16.6. The number of unbranched alkanes of at least 4 members (excludes halogenated alkanes) is 1. The summed E-state index contributed by atoms with van der Waals surface area (Å²) >= 11 is 0. The Kier molecular flexibility index (Phi) is 8.92. The molecule has 3 N–H and O–H groups in total. The monoisotopic (exact) mass is 622 g/mol. The molecule has 3 aromatic rings. The van der Waals surface area contributed by atoms with Crippen molar-refractivity contribution in [3.05, 3.63) is 42.7 Å². The average molecular weight is 623 g/mol. The number of likely N-dealkylation sites (tertiary alicyclic amines) is 1. The number of amides is 3. The molecule has 0 spiro atoms.